The van der Waals surface area contributed by atoms with Crippen molar-refractivity contribution in [2.75, 3.05) is 19.6 Å². The maximum absolute atomic E-state index is 12.0. The quantitative estimate of drug-likeness (QED) is 0.709. The van der Waals surface area contributed by atoms with Gasteiger partial charge in [-0.2, -0.15) is 0 Å². The smallest absolute Gasteiger partial charge is 0.258 e. The molecule has 1 fully saturated rings. The zero-order valence-electron chi connectivity index (χ0n) is 8.64. The maximum atomic E-state index is 12.0. The fourth-order valence-electron chi connectivity index (χ4n) is 2.44. The van der Waals surface area contributed by atoms with E-state index >= 15 is 0 Å². The molecular weight excluding hydrogens is 228 g/mol. The van der Waals surface area contributed by atoms with Gasteiger partial charge in [-0.25, -0.2) is 0 Å². The lowest BCUT2D eigenvalue weighted by Gasteiger charge is -2.30. The molecule has 1 unspecified atom stereocenters. The van der Waals surface area contributed by atoms with Crippen molar-refractivity contribution >= 4 is 18.3 Å². The summed E-state index contributed by atoms with van der Waals surface area (Å²) >= 11 is 0. The summed E-state index contributed by atoms with van der Waals surface area (Å²) in [5.74, 6) is 0.0708. The number of benzene rings is 1. The van der Waals surface area contributed by atoms with Crippen molar-refractivity contribution in [2.24, 2.45) is 0 Å². The van der Waals surface area contributed by atoms with Gasteiger partial charge in [-0.05, 0) is 11.6 Å². The van der Waals surface area contributed by atoms with Gasteiger partial charge in [-0.3, -0.25) is 4.79 Å². The second-order valence-corrected chi connectivity index (χ2v) is 3.96. The van der Waals surface area contributed by atoms with E-state index in [9.17, 15) is 9.90 Å². The zero-order valence-corrected chi connectivity index (χ0v) is 9.46. The van der Waals surface area contributed by atoms with Crippen molar-refractivity contribution in [3.8, 4) is 5.75 Å². The summed E-state index contributed by atoms with van der Waals surface area (Å²) in [7, 11) is 0. The molecule has 0 radical (unpaired) electrons. The van der Waals surface area contributed by atoms with Crippen molar-refractivity contribution < 1.29 is 9.90 Å². The van der Waals surface area contributed by atoms with Crippen LogP contribution in [0.4, 0.5) is 0 Å². The summed E-state index contributed by atoms with van der Waals surface area (Å²) in [5.41, 5.74) is 1.44. The Morgan fingerprint density at radius 3 is 3.06 bits per heavy atom. The lowest BCUT2D eigenvalue weighted by Crippen LogP contribution is -2.44. The van der Waals surface area contributed by atoms with Gasteiger partial charge in [0, 0.05) is 19.6 Å². The van der Waals surface area contributed by atoms with E-state index in [-0.39, 0.29) is 30.1 Å². The molecule has 0 saturated carbocycles. The Hall–Kier alpha value is -1.26. The van der Waals surface area contributed by atoms with Gasteiger partial charge < -0.3 is 15.3 Å². The third kappa shape index (κ3) is 1.37. The highest BCUT2D eigenvalue weighted by Gasteiger charge is 2.39. The first-order chi connectivity index (χ1) is 7.29. The molecular formula is C11H13ClN2O2. The minimum absolute atomic E-state index is 0. The molecule has 2 aliphatic rings. The number of nitrogens with one attached hydrogen (secondary N) is 1. The fourth-order valence-corrected chi connectivity index (χ4v) is 2.44. The number of hydrogen-bond donors (Lipinski definition) is 2. The standard InChI is InChI=1S/C11H12N2O2.ClH/c14-9-3-1-2-7-8-6-12-4-5-13(8)11(15)10(7)9;/h1-3,8,12,14H,4-6H2;1H. The Bertz CT molecular complexity index is 436. The van der Waals surface area contributed by atoms with Gasteiger partial charge in [-0.15, -0.1) is 12.4 Å². The Kier molecular flexibility index (Phi) is 2.78. The predicted molar refractivity (Wildman–Crippen MR) is 62.0 cm³/mol. The predicted octanol–water partition coefficient (Wildman–Crippen LogP) is 0.914. The molecule has 1 amide bonds. The molecule has 4 nitrogen and oxygen atoms in total. The summed E-state index contributed by atoms with van der Waals surface area (Å²) in [6, 6.07) is 5.39. The van der Waals surface area contributed by atoms with Crippen LogP contribution in [-0.4, -0.2) is 35.5 Å². The molecule has 2 aliphatic heterocycles. The van der Waals surface area contributed by atoms with Crippen LogP contribution in [0.15, 0.2) is 18.2 Å². The Morgan fingerprint density at radius 2 is 2.25 bits per heavy atom. The first-order valence-corrected chi connectivity index (χ1v) is 5.12. The summed E-state index contributed by atoms with van der Waals surface area (Å²) in [6.07, 6.45) is 0. The summed E-state index contributed by atoms with van der Waals surface area (Å²) < 4.78 is 0. The van der Waals surface area contributed by atoms with E-state index in [0.29, 0.717) is 5.56 Å². The number of carbonyl (C=O) groups excluding carboxylic acids is 1. The molecule has 3 rings (SSSR count). The summed E-state index contributed by atoms with van der Waals surface area (Å²) in [4.78, 5) is 13.8. The third-order valence-corrected chi connectivity index (χ3v) is 3.15. The number of rotatable bonds is 0. The van der Waals surface area contributed by atoms with Gasteiger partial charge in [0.15, 0.2) is 0 Å². The first kappa shape index (κ1) is 11.2. The molecule has 2 heterocycles. The van der Waals surface area contributed by atoms with E-state index in [4.69, 9.17) is 0 Å². The van der Waals surface area contributed by atoms with Crippen molar-refractivity contribution in [1.29, 1.82) is 0 Å². The second kappa shape index (κ2) is 3.96. The SMILES string of the molecule is Cl.O=C1c2c(O)cccc2C2CNCCN12. The van der Waals surface area contributed by atoms with Crippen molar-refractivity contribution in [1.82, 2.24) is 10.2 Å². The highest BCUT2D eigenvalue weighted by atomic mass is 35.5. The molecule has 0 aliphatic carbocycles. The normalized spacial score (nSPS) is 22.4. The van der Waals surface area contributed by atoms with Crippen molar-refractivity contribution in [2.45, 2.75) is 6.04 Å². The number of fused-ring (bicyclic) bond motifs is 3. The highest BCUT2D eigenvalue weighted by Crippen LogP contribution is 2.38. The molecule has 1 saturated heterocycles. The number of phenolic OH excluding ortho intramolecular Hbond substituents is 1. The highest BCUT2D eigenvalue weighted by molar-refractivity contribution is 6.01. The molecule has 0 spiro atoms. The number of nitrogens with zero attached hydrogens (tertiary/aromatic N) is 1. The topological polar surface area (TPSA) is 52.6 Å². The number of piperazine rings is 1. The van der Waals surface area contributed by atoms with Gasteiger partial charge >= 0.3 is 0 Å². The molecule has 0 bridgehead atoms. The molecule has 2 N–H and O–H groups in total. The molecule has 5 heteroatoms. The van der Waals surface area contributed by atoms with E-state index in [1.165, 1.54) is 0 Å². The van der Waals surface area contributed by atoms with Gasteiger partial charge in [0.2, 0.25) is 0 Å². The molecule has 1 atom stereocenters. The number of phenols is 1. The number of halogens is 1. The van der Waals surface area contributed by atoms with Gasteiger partial charge in [0.05, 0.1) is 11.6 Å². The number of carbonyl (C=O) groups is 1. The van der Waals surface area contributed by atoms with E-state index in [1.807, 2.05) is 11.0 Å². The third-order valence-electron chi connectivity index (χ3n) is 3.15. The Labute approximate surface area is 99.7 Å². The molecule has 86 valence electrons. The van der Waals surface area contributed by atoms with E-state index in [1.54, 1.807) is 12.1 Å². The zero-order chi connectivity index (χ0) is 10.4. The lowest BCUT2D eigenvalue weighted by atomic mass is 10.0. The summed E-state index contributed by atoms with van der Waals surface area (Å²) in [6.45, 7) is 2.33. The van der Waals surface area contributed by atoms with Gasteiger partial charge in [-0.1, -0.05) is 12.1 Å². The van der Waals surface area contributed by atoms with Crippen LogP contribution < -0.4 is 5.32 Å². The average molecular weight is 241 g/mol. The maximum Gasteiger partial charge on any atom is 0.258 e. The second-order valence-electron chi connectivity index (χ2n) is 3.96. The molecule has 0 aromatic heterocycles. The molecule has 1 aromatic carbocycles. The van der Waals surface area contributed by atoms with Crippen molar-refractivity contribution in [3.05, 3.63) is 29.3 Å². The number of aromatic hydroxyl groups is 1. The minimum atomic E-state index is -0.0328. The fraction of sp³-hybridized carbons (Fsp3) is 0.364. The number of hydrogen-bond acceptors (Lipinski definition) is 3. The van der Waals surface area contributed by atoms with Crippen LogP contribution >= 0.6 is 12.4 Å². The van der Waals surface area contributed by atoms with E-state index < -0.39 is 0 Å². The average Bonchev–Trinajstić information content (AvgIpc) is 2.55. The van der Waals surface area contributed by atoms with Crippen LogP contribution in [-0.2, 0) is 0 Å². The van der Waals surface area contributed by atoms with Gasteiger partial charge in [0.1, 0.15) is 5.75 Å². The number of amides is 1. The Morgan fingerprint density at radius 1 is 1.44 bits per heavy atom. The largest absolute Gasteiger partial charge is 0.507 e. The first-order valence-electron chi connectivity index (χ1n) is 5.12. The van der Waals surface area contributed by atoms with Crippen LogP contribution in [0.3, 0.4) is 0 Å². The van der Waals surface area contributed by atoms with Crippen LogP contribution in [0.5, 0.6) is 5.75 Å². The Balaban J connectivity index is 0.000000963. The van der Waals surface area contributed by atoms with Crippen LogP contribution in [0.25, 0.3) is 0 Å². The summed E-state index contributed by atoms with van der Waals surface area (Å²) in [5, 5.41) is 12.9. The van der Waals surface area contributed by atoms with Crippen LogP contribution in [0.1, 0.15) is 22.0 Å². The van der Waals surface area contributed by atoms with E-state index in [0.717, 1.165) is 25.2 Å². The molecule has 16 heavy (non-hydrogen) atoms. The molecule has 1 aromatic rings. The van der Waals surface area contributed by atoms with Crippen LogP contribution in [0, 0.1) is 0 Å². The minimum Gasteiger partial charge on any atom is -0.507 e. The van der Waals surface area contributed by atoms with Gasteiger partial charge in [0.25, 0.3) is 5.91 Å². The monoisotopic (exact) mass is 240 g/mol. The van der Waals surface area contributed by atoms with Crippen LogP contribution in [0.2, 0.25) is 0 Å². The van der Waals surface area contributed by atoms with E-state index in [2.05, 4.69) is 5.32 Å². The lowest BCUT2D eigenvalue weighted by molar-refractivity contribution is 0.0689. The van der Waals surface area contributed by atoms with Crippen molar-refractivity contribution in [3.63, 3.8) is 0 Å².